The van der Waals surface area contributed by atoms with Gasteiger partial charge in [0.2, 0.25) is 5.71 Å². The normalized spacial score (nSPS) is 11.6. The number of para-hydroxylation sites is 3. The fourth-order valence-corrected chi connectivity index (χ4v) is 10.1. The summed E-state index contributed by atoms with van der Waals surface area (Å²) in [5.41, 5.74) is 14.3. The van der Waals surface area contributed by atoms with Gasteiger partial charge in [-0.3, -0.25) is 4.98 Å². The van der Waals surface area contributed by atoms with Gasteiger partial charge in [-0.05, 0) is 64.5 Å². The van der Waals surface area contributed by atoms with Gasteiger partial charge in [-0.15, -0.1) is 54.1 Å². The molecule has 321 valence electrons. The molecule has 1 radical (unpaired) electrons. The molecule has 0 aliphatic rings. The van der Waals surface area contributed by atoms with Crippen LogP contribution in [0.2, 0.25) is 19.6 Å². The van der Waals surface area contributed by atoms with Crippen LogP contribution in [0.25, 0.3) is 83.7 Å². The van der Waals surface area contributed by atoms with Crippen LogP contribution in [0.1, 0.15) is 44.9 Å². The molecule has 0 spiro atoms. The molecule has 0 amide bonds. The Morgan fingerprint density at radius 1 is 0.656 bits per heavy atom. The van der Waals surface area contributed by atoms with Gasteiger partial charge in [0.05, 0.1) is 36.2 Å². The first-order valence-corrected chi connectivity index (χ1v) is 25.5. The van der Waals surface area contributed by atoms with E-state index in [2.05, 4.69) is 203 Å². The smallest absolute Gasteiger partial charge is 0.216 e. The molecule has 0 atom stereocenters. The quantitative estimate of drug-likeness (QED) is 0.107. The summed E-state index contributed by atoms with van der Waals surface area (Å²) in [4.78, 5) is 14.8. The molecule has 10 rings (SSSR count). The van der Waals surface area contributed by atoms with Crippen LogP contribution in [0.4, 0.5) is 0 Å². The van der Waals surface area contributed by atoms with E-state index in [1.165, 1.54) is 10.8 Å². The van der Waals surface area contributed by atoms with E-state index in [-0.39, 0.29) is 20.1 Å². The average molecular weight is 1030 g/mol. The molecule has 0 fully saturated rings. The van der Waals surface area contributed by atoms with Crippen LogP contribution in [0.15, 0.2) is 168 Å². The first-order chi connectivity index (χ1) is 30.5. The second-order valence-electron chi connectivity index (χ2n) is 18.0. The number of pyridine rings is 2. The minimum absolute atomic E-state index is 0. The molecule has 64 heavy (non-hydrogen) atoms. The summed E-state index contributed by atoms with van der Waals surface area (Å²) < 4.78 is 8.83. The number of rotatable bonds is 9. The Morgan fingerprint density at radius 2 is 1.33 bits per heavy atom. The van der Waals surface area contributed by atoms with Crippen molar-refractivity contribution in [1.29, 1.82) is 0 Å². The number of hydrogen-bond donors (Lipinski definition) is 0. The van der Waals surface area contributed by atoms with E-state index >= 15 is 0 Å². The number of imidazole rings is 1. The van der Waals surface area contributed by atoms with Gasteiger partial charge < -0.3 is 14.0 Å². The second-order valence-corrected chi connectivity index (χ2v) is 23.0. The molecule has 6 aromatic carbocycles. The Morgan fingerprint density at radius 3 is 1.97 bits per heavy atom. The van der Waals surface area contributed by atoms with E-state index in [0.717, 1.165) is 90.1 Å². The number of benzene rings is 6. The zero-order valence-corrected chi connectivity index (χ0v) is 40.9. The Kier molecular flexibility index (Phi) is 13.1. The van der Waals surface area contributed by atoms with Crippen molar-refractivity contribution >= 4 is 46.4 Å². The van der Waals surface area contributed by atoms with Crippen molar-refractivity contribution in [1.82, 2.24) is 19.5 Å². The number of hydrogen-bond acceptors (Lipinski definition) is 4. The summed E-state index contributed by atoms with van der Waals surface area (Å²) in [5.74, 6) is 1.74. The average Bonchev–Trinajstić information content (AvgIpc) is 3.88. The topological polar surface area (TPSA) is 56.7 Å². The largest absolute Gasteiger partial charge is 0.486 e. The van der Waals surface area contributed by atoms with Gasteiger partial charge >= 0.3 is 0 Å². The van der Waals surface area contributed by atoms with Crippen LogP contribution in [0.3, 0.4) is 0 Å². The van der Waals surface area contributed by atoms with Gasteiger partial charge in [-0.1, -0.05) is 161 Å². The molecule has 0 saturated heterocycles. The molecule has 5 nitrogen and oxygen atoms in total. The zero-order valence-electron chi connectivity index (χ0n) is 37.5. The maximum Gasteiger partial charge on any atom is 0.216 e. The van der Waals surface area contributed by atoms with Gasteiger partial charge in [-0.25, -0.2) is 4.98 Å². The number of aromatic nitrogens is 4. The molecule has 0 N–H and O–H groups in total. The van der Waals surface area contributed by atoms with Crippen molar-refractivity contribution in [2.45, 2.75) is 59.7 Å². The summed E-state index contributed by atoms with van der Waals surface area (Å²) >= 11 is 0. The minimum Gasteiger partial charge on any atom is -0.486 e. The van der Waals surface area contributed by atoms with E-state index in [9.17, 15) is 0 Å². The Balaban J connectivity index is 0.000000225. The summed E-state index contributed by atoms with van der Waals surface area (Å²) in [6.07, 6.45) is 3.24. The fourth-order valence-electron chi connectivity index (χ4n) is 8.51. The molecule has 7 heteroatoms. The second kappa shape index (κ2) is 18.8. The predicted molar refractivity (Wildman–Crippen MR) is 265 cm³/mol. The van der Waals surface area contributed by atoms with Crippen LogP contribution in [-0.2, 0) is 26.5 Å². The summed E-state index contributed by atoms with van der Waals surface area (Å²) in [5, 5.41) is 3.49. The fraction of sp³-hybridized carbons (Fsp3) is 0.175. The van der Waals surface area contributed by atoms with Crippen LogP contribution < -0.4 is 5.19 Å². The maximum absolute atomic E-state index is 6.55. The van der Waals surface area contributed by atoms with Gasteiger partial charge in [0.15, 0.2) is 0 Å². The third-order valence-corrected chi connectivity index (χ3v) is 13.6. The van der Waals surface area contributed by atoms with Crippen LogP contribution >= 0.6 is 0 Å². The van der Waals surface area contributed by atoms with E-state index in [0.29, 0.717) is 17.5 Å². The van der Waals surface area contributed by atoms with Crippen molar-refractivity contribution < 1.29 is 24.5 Å². The SMILES string of the molecule is CC(C)Cc1cc(-c2[c-]cccc2)ncc1[Si](C)(C)C.CC(C)c1ccc2c(n1)oc1c(-c3nc4ccccc4n3-c3c(-c4ccccc4)cccc3-c3ccccc3)[c-]ccc12.[Ir]. The monoisotopic (exact) mass is 1030 g/mol. The minimum atomic E-state index is -1.34. The number of nitrogens with zero attached hydrogens (tertiary/aromatic N) is 4. The standard InChI is InChI=1S/C39H28N3O.C18H24NSi.Ir/c1-25(2)33-24-23-31-30-19-12-20-32(37(30)43-39(31)41-33)38-40-34-21-9-10-22-35(34)42(38)36-28(26-13-5-3-6-14-26)17-11-18-29(36)27-15-7-4-8-16-27;1-14(2)11-16-12-17(15-9-7-6-8-10-15)19-13-18(16)20(3,4)5;/h3-19,21-25H,1-2H3;6-9,12-14H,11H2,1-5H3;/q2*-1;. The zero-order chi connectivity index (χ0) is 43.7. The van der Waals surface area contributed by atoms with Gasteiger partial charge in [0, 0.05) is 48.5 Å². The van der Waals surface area contributed by atoms with Crippen molar-refractivity contribution in [2.24, 2.45) is 5.92 Å². The molecule has 0 aliphatic carbocycles. The first kappa shape index (κ1) is 44.4. The third kappa shape index (κ3) is 8.94. The molecule has 4 heterocycles. The summed E-state index contributed by atoms with van der Waals surface area (Å²) in [6, 6.07) is 61.3. The van der Waals surface area contributed by atoms with Crippen LogP contribution in [-0.4, -0.2) is 27.6 Å². The van der Waals surface area contributed by atoms with Crippen LogP contribution in [0.5, 0.6) is 0 Å². The Labute approximate surface area is 391 Å². The van der Waals surface area contributed by atoms with Gasteiger partial charge in [-0.2, -0.15) is 0 Å². The van der Waals surface area contributed by atoms with Crippen molar-refractivity contribution in [3.63, 3.8) is 0 Å². The molecule has 0 saturated carbocycles. The van der Waals surface area contributed by atoms with E-state index in [4.69, 9.17) is 14.4 Å². The maximum atomic E-state index is 6.55. The molecule has 4 aromatic heterocycles. The molecule has 10 aromatic rings. The molecular weight excluding hydrogens is 977 g/mol. The predicted octanol–water partition coefficient (Wildman–Crippen LogP) is 14.5. The number of fused-ring (bicyclic) bond motifs is 4. The van der Waals surface area contributed by atoms with Crippen molar-refractivity contribution in [2.75, 3.05) is 0 Å². The molecule has 0 aliphatic heterocycles. The van der Waals surface area contributed by atoms with E-state index in [1.54, 1.807) is 0 Å². The molecular formula is C57H52IrN4OSi-2. The Hall–Kier alpha value is -6.24. The summed E-state index contributed by atoms with van der Waals surface area (Å²) in [6.45, 7) is 16.0. The number of furan rings is 1. The first-order valence-electron chi connectivity index (χ1n) is 22.0. The van der Waals surface area contributed by atoms with Gasteiger partial charge in [0.25, 0.3) is 0 Å². The van der Waals surface area contributed by atoms with E-state index in [1.807, 2.05) is 30.3 Å². The Bertz CT molecular complexity index is 3130. The molecule has 0 unspecified atom stereocenters. The van der Waals surface area contributed by atoms with Crippen molar-refractivity contribution in [3.05, 3.63) is 187 Å². The molecule has 0 bridgehead atoms. The summed E-state index contributed by atoms with van der Waals surface area (Å²) in [7, 11) is -1.34. The van der Waals surface area contributed by atoms with E-state index < -0.39 is 8.07 Å². The third-order valence-electron chi connectivity index (χ3n) is 11.5. The van der Waals surface area contributed by atoms with Gasteiger partial charge in [0.1, 0.15) is 0 Å². The van der Waals surface area contributed by atoms with Crippen LogP contribution in [0, 0.1) is 18.1 Å². The van der Waals surface area contributed by atoms with Crippen molar-refractivity contribution in [3.8, 4) is 50.6 Å².